The van der Waals surface area contributed by atoms with Gasteiger partial charge in [0.25, 0.3) is 0 Å². The lowest BCUT2D eigenvalue weighted by Gasteiger charge is -2.27. The smallest absolute Gasteiger partial charge is 0.137 e. The average Bonchev–Trinajstić information content (AvgIpc) is 3.77. The molecule has 0 radical (unpaired) electrons. The molecular formula is C50H32N2O. The highest BCUT2D eigenvalue weighted by Crippen LogP contribution is 2.43. The van der Waals surface area contributed by atoms with E-state index in [0.717, 1.165) is 50.3 Å². The molecule has 0 bridgehead atoms. The molecule has 11 rings (SSSR count). The Morgan fingerprint density at radius 3 is 1.85 bits per heavy atom. The molecule has 0 atom stereocenters. The number of benzene rings is 9. The average molecular weight is 677 g/mol. The third-order valence-corrected chi connectivity index (χ3v) is 10.8. The fourth-order valence-corrected chi connectivity index (χ4v) is 8.29. The second kappa shape index (κ2) is 11.7. The highest BCUT2D eigenvalue weighted by molar-refractivity contribution is 6.19. The summed E-state index contributed by atoms with van der Waals surface area (Å²) in [6, 6.07) is 69.8. The van der Waals surface area contributed by atoms with Gasteiger partial charge >= 0.3 is 0 Å². The van der Waals surface area contributed by atoms with Crippen LogP contribution >= 0.6 is 0 Å². The van der Waals surface area contributed by atoms with E-state index in [9.17, 15) is 0 Å². The molecule has 0 fully saturated rings. The van der Waals surface area contributed by atoms with Crippen molar-refractivity contribution in [1.82, 2.24) is 4.57 Å². The Labute approximate surface area is 306 Å². The van der Waals surface area contributed by atoms with E-state index in [0.29, 0.717) is 0 Å². The fraction of sp³-hybridized carbons (Fsp3) is 0. The summed E-state index contributed by atoms with van der Waals surface area (Å²) in [5, 5.41) is 9.65. The van der Waals surface area contributed by atoms with Crippen molar-refractivity contribution in [1.29, 1.82) is 0 Å². The summed E-state index contributed by atoms with van der Waals surface area (Å²) < 4.78 is 8.80. The molecule has 0 aliphatic carbocycles. The number of anilines is 3. The molecule has 0 saturated carbocycles. The number of hydrogen-bond acceptors (Lipinski definition) is 2. The molecule has 0 spiro atoms. The van der Waals surface area contributed by atoms with Crippen LogP contribution in [0.3, 0.4) is 0 Å². The molecule has 53 heavy (non-hydrogen) atoms. The Balaban J connectivity index is 1.07. The van der Waals surface area contributed by atoms with Crippen LogP contribution in [0, 0.1) is 0 Å². The SMILES string of the molecule is c1ccc(-n2c3cc(-c4ccc(N(c5ccc6c(c5)oc5ccccc56)c5cccc6ccccc56)cc4)ccc3c3ccc4ccccc4c32)cc1. The van der Waals surface area contributed by atoms with Crippen molar-refractivity contribution >= 4 is 82.4 Å². The molecular weight excluding hydrogens is 645 g/mol. The van der Waals surface area contributed by atoms with Crippen molar-refractivity contribution in [2.24, 2.45) is 0 Å². The highest BCUT2D eigenvalue weighted by atomic mass is 16.3. The monoisotopic (exact) mass is 676 g/mol. The lowest BCUT2D eigenvalue weighted by Crippen LogP contribution is -2.10. The quantitative estimate of drug-likeness (QED) is 0.181. The summed E-state index contributed by atoms with van der Waals surface area (Å²) in [6.45, 7) is 0. The Morgan fingerprint density at radius 2 is 1.00 bits per heavy atom. The molecule has 9 aromatic carbocycles. The first-order valence-electron chi connectivity index (χ1n) is 18.1. The van der Waals surface area contributed by atoms with Crippen LogP contribution in [0.1, 0.15) is 0 Å². The van der Waals surface area contributed by atoms with E-state index in [1.165, 1.54) is 48.9 Å². The van der Waals surface area contributed by atoms with Gasteiger partial charge in [-0.2, -0.15) is 0 Å². The summed E-state index contributed by atoms with van der Waals surface area (Å²) in [4.78, 5) is 2.35. The minimum Gasteiger partial charge on any atom is -0.456 e. The molecule has 2 aromatic heterocycles. The summed E-state index contributed by atoms with van der Waals surface area (Å²) in [5.41, 5.74) is 10.9. The number of nitrogens with zero attached hydrogens (tertiary/aromatic N) is 2. The van der Waals surface area contributed by atoms with Crippen molar-refractivity contribution in [3.05, 3.63) is 194 Å². The van der Waals surface area contributed by atoms with Crippen molar-refractivity contribution in [2.75, 3.05) is 4.90 Å². The number of furan rings is 1. The maximum absolute atomic E-state index is 6.37. The molecule has 0 aliphatic heterocycles. The van der Waals surface area contributed by atoms with Gasteiger partial charge in [0, 0.05) is 55.4 Å². The molecule has 2 heterocycles. The van der Waals surface area contributed by atoms with Crippen LogP contribution in [0.15, 0.2) is 199 Å². The van der Waals surface area contributed by atoms with Crippen molar-refractivity contribution < 1.29 is 4.42 Å². The van der Waals surface area contributed by atoms with Gasteiger partial charge in [0.05, 0.1) is 16.7 Å². The zero-order valence-corrected chi connectivity index (χ0v) is 28.8. The fourth-order valence-electron chi connectivity index (χ4n) is 8.29. The molecule has 0 aliphatic rings. The Kier molecular flexibility index (Phi) is 6.55. The second-order valence-corrected chi connectivity index (χ2v) is 13.7. The van der Waals surface area contributed by atoms with E-state index < -0.39 is 0 Å². The van der Waals surface area contributed by atoms with E-state index in [-0.39, 0.29) is 0 Å². The van der Waals surface area contributed by atoms with Crippen LogP contribution in [-0.4, -0.2) is 4.57 Å². The number of fused-ring (bicyclic) bond motifs is 9. The predicted molar refractivity (Wildman–Crippen MR) is 223 cm³/mol. The molecule has 0 saturated heterocycles. The summed E-state index contributed by atoms with van der Waals surface area (Å²) in [6.07, 6.45) is 0. The summed E-state index contributed by atoms with van der Waals surface area (Å²) >= 11 is 0. The van der Waals surface area contributed by atoms with Crippen LogP contribution in [0.5, 0.6) is 0 Å². The standard InChI is InChI=1S/C50H32N2O/c1-2-14-37(15-3-1)52-47-31-36(24-28-42(47)45-29-23-35-12-5-7-17-41(35)50(45)52)33-21-25-38(26-22-33)51(46-19-10-13-34-11-4-6-16-40(34)46)39-27-30-44-43-18-8-9-20-48(43)53-49(44)32-39/h1-32H. The van der Waals surface area contributed by atoms with E-state index >= 15 is 0 Å². The molecule has 3 heteroatoms. The third-order valence-electron chi connectivity index (χ3n) is 10.8. The Hall–Kier alpha value is -7.10. The van der Waals surface area contributed by atoms with Gasteiger partial charge in [0.1, 0.15) is 11.2 Å². The van der Waals surface area contributed by atoms with E-state index in [4.69, 9.17) is 4.42 Å². The summed E-state index contributed by atoms with van der Waals surface area (Å²) in [5.74, 6) is 0. The molecule has 0 amide bonds. The second-order valence-electron chi connectivity index (χ2n) is 13.7. The van der Waals surface area contributed by atoms with Crippen molar-refractivity contribution in [3.8, 4) is 16.8 Å². The van der Waals surface area contributed by atoms with E-state index in [2.05, 4.69) is 191 Å². The Morgan fingerprint density at radius 1 is 0.377 bits per heavy atom. The van der Waals surface area contributed by atoms with E-state index in [1.54, 1.807) is 0 Å². The number of aromatic nitrogens is 1. The van der Waals surface area contributed by atoms with E-state index in [1.807, 2.05) is 12.1 Å². The first-order chi connectivity index (χ1) is 26.3. The highest BCUT2D eigenvalue weighted by Gasteiger charge is 2.19. The zero-order valence-electron chi connectivity index (χ0n) is 28.8. The first kappa shape index (κ1) is 29.6. The largest absolute Gasteiger partial charge is 0.456 e. The molecule has 11 aromatic rings. The van der Waals surface area contributed by atoms with Gasteiger partial charge in [0.15, 0.2) is 0 Å². The van der Waals surface area contributed by atoms with Crippen LogP contribution in [0.25, 0.3) is 82.1 Å². The number of hydrogen-bond donors (Lipinski definition) is 0. The van der Waals surface area contributed by atoms with Crippen molar-refractivity contribution in [2.45, 2.75) is 0 Å². The lowest BCUT2D eigenvalue weighted by molar-refractivity contribution is 0.669. The topological polar surface area (TPSA) is 21.3 Å². The normalized spacial score (nSPS) is 11.8. The third kappa shape index (κ3) is 4.68. The maximum Gasteiger partial charge on any atom is 0.137 e. The number of para-hydroxylation sites is 2. The molecule has 0 unspecified atom stereocenters. The maximum atomic E-state index is 6.37. The zero-order chi connectivity index (χ0) is 34.9. The Bertz CT molecular complexity index is 3160. The van der Waals surface area contributed by atoms with Crippen molar-refractivity contribution in [3.63, 3.8) is 0 Å². The van der Waals surface area contributed by atoms with Gasteiger partial charge in [-0.1, -0.05) is 133 Å². The molecule has 248 valence electrons. The van der Waals surface area contributed by atoms with Gasteiger partial charge in [-0.25, -0.2) is 0 Å². The predicted octanol–water partition coefficient (Wildman–Crippen LogP) is 14.1. The molecule has 0 N–H and O–H groups in total. The van der Waals surface area contributed by atoms with Crippen LogP contribution < -0.4 is 4.90 Å². The van der Waals surface area contributed by atoms with Gasteiger partial charge in [-0.3, -0.25) is 0 Å². The number of rotatable bonds is 5. The van der Waals surface area contributed by atoms with Gasteiger partial charge in [-0.15, -0.1) is 0 Å². The van der Waals surface area contributed by atoms with Gasteiger partial charge < -0.3 is 13.9 Å². The van der Waals surface area contributed by atoms with Crippen LogP contribution in [0.4, 0.5) is 17.1 Å². The van der Waals surface area contributed by atoms with Crippen LogP contribution in [0.2, 0.25) is 0 Å². The molecule has 3 nitrogen and oxygen atoms in total. The lowest BCUT2D eigenvalue weighted by atomic mass is 10.0. The van der Waals surface area contributed by atoms with Crippen LogP contribution in [-0.2, 0) is 0 Å². The minimum absolute atomic E-state index is 0.875. The summed E-state index contributed by atoms with van der Waals surface area (Å²) in [7, 11) is 0. The van der Waals surface area contributed by atoms with Gasteiger partial charge in [0.2, 0.25) is 0 Å². The first-order valence-corrected chi connectivity index (χ1v) is 18.1. The minimum atomic E-state index is 0.875. The van der Waals surface area contributed by atoms with Gasteiger partial charge in [-0.05, 0) is 76.5 Å².